The molecule has 0 aliphatic carbocycles. The van der Waals surface area contributed by atoms with Gasteiger partial charge in [0.15, 0.2) is 11.5 Å². The number of hydrogen-bond acceptors (Lipinski definition) is 4. The van der Waals surface area contributed by atoms with Gasteiger partial charge in [-0.15, -0.1) is 0 Å². The van der Waals surface area contributed by atoms with Crippen LogP contribution < -0.4 is 9.47 Å². The van der Waals surface area contributed by atoms with Gasteiger partial charge in [0.1, 0.15) is 0 Å². The van der Waals surface area contributed by atoms with E-state index in [0.29, 0.717) is 41.7 Å². The number of amides is 1. The quantitative estimate of drug-likeness (QED) is 0.546. The molecule has 5 nitrogen and oxygen atoms in total. The average molecular weight is 474 g/mol. The highest BCUT2D eigenvalue weighted by Crippen LogP contribution is 2.41. The minimum absolute atomic E-state index is 0.0657. The third-order valence-electron chi connectivity index (χ3n) is 5.41. The maximum absolute atomic E-state index is 13.7. The van der Waals surface area contributed by atoms with Gasteiger partial charge >= 0.3 is 6.61 Å². The Morgan fingerprint density at radius 2 is 1.87 bits per heavy atom. The van der Waals surface area contributed by atoms with E-state index in [1.807, 2.05) is 0 Å². The van der Waals surface area contributed by atoms with Crippen molar-refractivity contribution in [2.75, 3.05) is 27.4 Å². The average Bonchev–Trinajstić information content (AvgIpc) is 2.74. The van der Waals surface area contributed by atoms with Crippen LogP contribution in [-0.4, -0.2) is 44.8 Å². The van der Waals surface area contributed by atoms with Gasteiger partial charge in [-0.3, -0.25) is 4.79 Å². The number of likely N-dealkylation sites (N-methyl/N-ethyl adjacent to an activating group) is 1. The zero-order valence-corrected chi connectivity index (χ0v) is 18.7. The van der Waals surface area contributed by atoms with Crippen LogP contribution >= 0.6 is 23.2 Å². The Morgan fingerprint density at radius 1 is 1.16 bits per heavy atom. The van der Waals surface area contributed by atoms with E-state index in [-0.39, 0.29) is 24.0 Å². The molecule has 0 saturated carbocycles. The van der Waals surface area contributed by atoms with Crippen molar-refractivity contribution >= 4 is 29.1 Å². The third-order valence-corrected chi connectivity index (χ3v) is 5.96. The van der Waals surface area contributed by atoms with Gasteiger partial charge in [-0.25, -0.2) is 0 Å². The molecule has 0 atom stereocenters. The number of nitrogens with zero attached hydrogens (tertiary/aromatic N) is 1. The predicted octanol–water partition coefficient (Wildman–Crippen LogP) is 5.31. The van der Waals surface area contributed by atoms with Crippen LogP contribution in [0.1, 0.15) is 24.0 Å². The predicted molar refractivity (Wildman–Crippen MR) is 114 cm³/mol. The van der Waals surface area contributed by atoms with Gasteiger partial charge in [-0.1, -0.05) is 35.3 Å². The number of benzene rings is 2. The second-order valence-corrected chi connectivity index (χ2v) is 8.19. The maximum Gasteiger partial charge on any atom is 0.387 e. The summed E-state index contributed by atoms with van der Waals surface area (Å²) in [7, 11) is 3.06. The van der Waals surface area contributed by atoms with Crippen LogP contribution in [0, 0.1) is 0 Å². The van der Waals surface area contributed by atoms with Gasteiger partial charge in [0.05, 0.1) is 12.5 Å². The fraction of sp³-hybridized carbons (Fsp3) is 0.409. The molecule has 1 heterocycles. The summed E-state index contributed by atoms with van der Waals surface area (Å²) in [6.45, 7) is -1.84. The number of halogens is 4. The van der Waals surface area contributed by atoms with Gasteiger partial charge in [-0.2, -0.15) is 8.78 Å². The van der Waals surface area contributed by atoms with Crippen LogP contribution in [0.25, 0.3) is 0 Å². The highest BCUT2D eigenvalue weighted by molar-refractivity contribution is 6.35. The van der Waals surface area contributed by atoms with E-state index in [2.05, 4.69) is 4.74 Å². The minimum atomic E-state index is -2.96. The van der Waals surface area contributed by atoms with Crippen molar-refractivity contribution in [2.45, 2.75) is 31.4 Å². The van der Waals surface area contributed by atoms with E-state index in [4.69, 9.17) is 32.7 Å². The first-order valence-corrected chi connectivity index (χ1v) is 10.4. The number of carbonyl (C=O) groups excluding carboxylic acids is 1. The second kappa shape index (κ2) is 10.0. The summed E-state index contributed by atoms with van der Waals surface area (Å²) in [5.41, 5.74) is 0.591. The number of ether oxygens (including phenoxy) is 3. The van der Waals surface area contributed by atoms with E-state index in [9.17, 15) is 13.6 Å². The Kier molecular flexibility index (Phi) is 7.62. The zero-order valence-electron chi connectivity index (χ0n) is 17.2. The van der Waals surface area contributed by atoms with Crippen LogP contribution in [0.3, 0.4) is 0 Å². The summed E-state index contributed by atoms with van der Waals surface area (Å²) >= 11 is 12.5. The smallest absolute Gasteiger partial charge is 0.387 e. The summed E-state index contributed by atoms with van der Waals surface area (Å²) in [6.07, 6.45) is 0.976. The molecule has 31 heavy (non-hydrogen) atoms. The Balaban J connectivity index is 1.87. The first kappa shape index (κ1) is 23.6. The molecule has 9 heteroatoms. The molecule has 1 saturated heterocycles. The van der Waals surface area contributed by atoms with Crippen molar-refractivity contribution in [3.8, 4) is 11.5 Å². The van der Waals surface area contributed by atoms with Crippen molar-refractivity contribution in [2.24, 2.45) is 0 Å². The number of alkyl halides is 2. The van der Waals surface area contributed by atoms with Crippen molar-refractivity contribution < 1.29 is 27.8 Å². The fourth-order valence-corrected chi connectivity index (χ4v) is 4.50. The molecule has 2 aromatic rings. The van der Waals surface area contributed by atoms with E-state index in [0.717, 1.165) is 5.56 Å². The van der Waals surface area contributed by atoms with Crippen molar-refractivity contribution in [3.05, 3.63) is 57.6 Å². The van der Waals surface area contributed by atoms with Crippen LogP contribution in [0.15, 0.2) is 36.4 Å². The van der Waals surface area contributed by atoms with Gasteiger partial charge in [0, 0.05) is 36.9 Å². The summed E-state index contributed by atoms with van der Waals surface area (Å²) in [5.74, 6) is -0.00357. The van der Waals surface area contributed by atoms with Crippen LogP contribution in [-0.2, 0) is 21.5 Å². The Hall–Kier alpha value is -2.09. The van der Waals surface area contributed by atoms with Gasteiger partial charge in [0.2, 0.25) is 5.91 Å². The lowest BCUT2D eigenvalue weighted by atomic mass is 9.73. The minimum Gasteiger partial charge on any atom is -0.493 e. The standard InChI is InChI=1S/C22H23Cl2F2NO4/c1-27(13-14-3-6-18(31-21(25)26)19(11-14)29-2)20(28)22(7-9-30-10-8-22)16-5-4-15(23)12-17(16)24/h3-6,11-12,21H,7-10,13H2,1-2H3. The zero-order chi connectivity index (χ0) is 22.6. The second-order valence-electron chi connectivity index (χ2n) is 7.34. The summed E-state index contributed by atoms with van der Waals surface area (Å²) in [6, 6.07) is 9.75. The summed E-state index contributed by atoms with van der Waals surface area (Å²) in [5, 5.41) is 0.932. The number of rotatable bonds is 7. The van der Waals surface area contributed by atoms with Crippen molar-refractivity contribution in [1.29, 1.82) is 0 Å². The highest BCUT2D eigenvalue weighted by Gasteiger charge is 2.44. The summed E-state index contributed by atoms with van der Waals surface area (Å²) < 4.78 is 40.2. The van der Waals surface area contributed by atoms with Crippen LogP contribution in [0.5, 0.6) is 11.5 Å². The Morgan fingerprint density at radius 3 is 2.48 bits per heavy atom. The molecule has 0 radical (unpaired) electrons. The fourth-order valence-electron chi connectivity index (χ4n) is 3.91. The van der Waals surface area contributed by atoms with E-state index < -0.39 is 12.0 Å². The molecular weight excluding hydrogens is 451 g/mol. The Bertz CT molecular complexity index is 936. The number of carbonyl (C=O) groups is 1. The van der Waals surface area contributed by atoms with E-state index >= 15 is 0 Å². The monoisotopic (exact) mass is 473 g/mol. The summed E-state index contributed by atoms with van der Waals surface area (Å²) in [4.78, 5) is 15.2. The van der Waals surface area contributed by atoms with Gasteiger partial charge < -0.3 is 19.1 Å². The molecule has 168 valence electrons. The lowest BCUT2D eigenvalue weighted by Crippen LogP contribution is -2.48. The highest BCUT2D eigenvalue weighted by atomic mass is 35.5. The van der Waals surface area contributed by atoms with Crippen molar-refractivity contribution in [1.82, 2.24) is 4.90 Å². The molecule has 2 aromatic carbocycles. The molecule has 0 N–H and O–H groups in total. The van der Waals surface area contributed by atoms with Gasteiger partial charge in [-0.05, 0) is 48.2 Å². The molecule has 1 amide bonds. The molecule has 1 aliphatic heterocycles. The van der Waals surface area contributed by atoms with Gasteiger partial charge in [0.25, 0.3) is 0 Å². The van der Waals surface area contributed by atoms with Crippen molar-refractivity contribution in [3.63, 3.8) is 0 Å². The molecular formula is C22H23Cl2F2NO4. The van der Waals surface area contributed by atoms with E-state index in [1.165, 1.54) is 13.2 Å². The topological polar surface area (TPSA) is 48.0 Å². The third kappa shape index (κ3) is 5.22. The maximum atomic E-state index is 13.7. The largest absolute Gasteiger partial charge is 0.493 e. The van der Waals surface area contributed by atoms with Crippen LogP contribution in [0.4, 0.5) is 8.78 Å². The van der Waals surface area contributed by atoms with Crippen LogP contribution in [0.2, 0.25) is 10.0 Å². The molecule has 0 unspecified atom stereocenters. The molecule has 0 bridgehead atoms. The lowest BCUT2D eigenvalue weighted by molar-refractivity contribution is -0.140. The number of methoxy groups -OCH3 is 1. The Labute approximate surface area is 189 Å². The normalized spacial score (nSPS) is 15.6. The molecule has 1 fully saturated rings. The first-order valence-electron chi connectivity index (χ1n) is 9.67. The SMILES string of the molecule is COc1cc(CN(C)C(=O)C2(c3ccc(Cl)cc3Cl)CCOCC2)ccc1OC(F)F. The number of hydrogen-bond donors (Lipinski definition) is 0. The molecule has 1 aliphatic rings. The lowest BCUT2D eigenvalue weighted by Gasteiger charge is -2.39. The molecule has 3 rings (SSSR count). The molecule has 0 spiro atoms. The first-order chi connectivity index (χ1) is 14.8. The molecule has 0 aromatic heterocycles. The van der Waals surface area contributed by atoms with E-state index in [1.54, 1.807) is 42.3 Å².